The normalized spacial score (nSPS) is 10.5. The van der Waals surface area contributed by atoms with E-state index in [4.69, 9.17) is 33.4 Å². The van der Waals surface area contributed by atoms with Crippen LogP contribution in [0.2, 0.25) is 10.0 Å². The summed E-state index contributed by atoms with van der Waals surface area (Å²) in [4.78, 5) is 5.76. The SMILES string of the molecule is N#CCSc1nc(-c2ccc(Cl)cc2)c(-c2ccc(Cl)cc2)s1. The van der Waals surface area contributed by atoms with E-state index in [1.165, 1.54) is 11.8 Å². The minimum atomic E-state index is 0.383. The second kappa shape index (κ2) is 7.37. The lowest BCUT2D eigenvalue weighted by molar-refractivity contribution is 1.25. The van der Waals surface area contributed by atoms with Crippen LogP contribution in [0.4, 0.5) is 0 Å². The predicted octanol–water partition coefficient (Wildman–Crippen LogP) is 6.40. The molecule has 1 heterocycles. The number of halogens is 2. The minimum Gasteiger partial charge on any atom is -0.229 e. The molecule has 0 aliphatic heterocycles. The molecule has 0 amide bonds. The number of rotatable bonds is 4. The molecule has 0 fully saturated rings. The van der Waals surface area contributed by atoms with Gasteiger partial charge in [-0.1, -0.05) is 59.2 Å². The number of thioether (sulfide) groups is 1. The molecule has 0 saturated carbocycles. The van der Waals surface area contributed by atoms with Crippen LogP contribution in [0.3, 0.4) is 0 Å². The van der Waals surface area contributed by atoms with Crippen molar-refractivity contribution in [2.24, 2.45) is 0 Å². The van der Waals surface area contributed by atoms with Crippen LogP contribution in [0.1, 0.15) is 0 Å². The van der Waals surface area contributed by atoms with Gasteiger partial charge in [-0.25, -0.2) is 4.98 Å². The molecule has 1 aromatic heterocycles. The van der Waals surface area contributed by atoms with Gasteiger partial charge in [-0.2, -0.15) is 5.26 Å². The summed E-state index contributed by atoms with van der Waals surface area (Å²) < 4.78 is 0.876. The zero-order valence-corrected chi connectivity index (χ0v) is 14.9. The average Bonchev–Trinajstić information content (AvgIpc) is 2.98. The molecule has 2 nitrogen and oxygen atoms in total. The number of thiazole rings is 1. The monoisotopic (exact) mass is 376 g/mol. The quantitative estimate of drug-likeness (QED) is 0.494. The van der Waals surface area contributed by atoms with E-state index in [9.17, 15) is 0 Å². The van der Waals surface area contributed by atoms with Crippen LogP contribution in [-0.2, 0) is 0 Å². The molecule has 0 atom stereocenters. The fourth-order valence-electron chi connectivity index (χ4n) is 2.06. The van der Waals surface area contributed by atoms with E-state index in [1.54, 1.807) is 11.3 Å². The van der Waals surface area contributed by atoms with Gasteiger partial charge >= 0.3 is 0 Å². The van der Waals surface area contributed by atoms with Gasteiger partial charge < -0.3 is 0 Å². The predicted molar refractivity (Wildman–Crippen MR) is 99.3 cm³/mol. The van der Waals surface area contributed by atoms with Crippen molar-refractivity contribution in [2.45, 2.75) is 4.34 Å². The van der Waals surface area contributed by atoms with Gasteiger partial charge in [0, 0.05) is 15.6 Å². The lowest BCUT2D eigenvalue weighted by Gasteiger charge is -2.03. The number of nitriles is 1. The van der Waals surface area contributed by atoms with Crippen molar-refractivity contribution in [1.29, 1.82) is 5.26 Å². The van der Waals surface area contributed by atoms with Gasteiger partial charge in [0.2, 0.25) is 0 Å². The molecule has 0 spiro atoms. The van der Waals surface area contributed by atoms with Crippen LogP contribution in [0, 0.1) is 11.3 Å². The molecule has 0 N–H and O–H groups in total. The molecule has 6 heteroatoms. The van der Waals surface area contributed by atoms with Crippen molar-refractivity contribution >= 4 is 46.3 Å². The zero-order valence-electron chi connectivity index (χ0n) is 11.8. The maximum absolute atomic E-state index is 8.78. The van der Waals surface area contributed by atoms with E-state index in [-0.39, 0.29) is 0 Å². The largest absolute Gasteiger partial charge is 0.229 e. The first-order valence-corrected chi connectivity index (χ1v) is 9.25. The van der Waals surface area contributed by atoms with Gasteiger partial charge in [0.15, 0.2) is 4.34 Å². The molecule has 23 heavy (non-hydrogen) atoms. The molecular weight excluding hydrogens is 367 g/mol. The summed E-state index contributed by atoms with van der Waals surface area (Å²) in [5, 5.41) is 10.2. The first-order valence-electron chi connectivity index (χ1n) is 6.70. The maximum atomic E-state index is 8.78. The second-order valence-electron chi connectivity index (χ2n) is 4.62. The topological polar surface area (TPSA) is 36.7 Å². The summed E-state index contributed by atoms with van der Waals surface area (Å²) in [7, 11) is 0. The summed E-state index contributed by atoms with van der Waals surface area (Å²) in [6.07, 6.45) is 0. The fraction of sp³-hybridized carbons (Fsp3) is 0.0588. The highest BCUT2D eigenvalue weighted by molar-refractivity contribution is 8.01. The lowest BCUT2D eigenvalue weighted by Crippen LogP contribution is -1.82. The molecule has 0 saturated heterocycles. The first kappa shape index (κ1) is 16.4. The zero-order chi connectivity index (χ0) is 16.2. The van der Waals surface area contributed by atoms with Crippen LogP contribution >= 0.6 is 46.3 Å². The van der Waals surface area contributed by atoms with Crippen molar-refractivity contribution in [1.82, 2.24) is 4.98 Å². The highest BCUT2D eigenvalue weighted by atomic mass is 35.5. The molecule has 0 aliphatic carbocycles. The number of hydrogen-bond acceptors (Lipinski definition) is 4. The van der Waals surface area contributed by atoms with Crippen LogP contribution in [0.25, 0.3) is 21.7 Å². The second-order valence-corrected chi connectivity index (χ2v) is 7.71. The standard InChI is InChI=1S/C17H10Cl2N2S2/c18-13-5-1-11(2-6-13)15-16(12-3-7-14(19)8-4-12)23-17(21-15)22-10-9-20/h1-8H,10H2. The van der Waals surface area contributed by atoms with Gasteiger partial charge in [-0.3, -0.25) is 0 Å². The molecule has 3 rings (SSSR count). The van der Waals surface area contributed by atoms with Gasteiger partial charge in [0.1, 0.15) is 0 Å². The molecule has 0 bridgehead atoms. The fourth-order valence-corrected chi connectivity index (χ4v) is 4.14. The Bertz CT molecular complexity index is 787. The van der Waals surface area contributed by atoms with Crippen molar-refractivity contribution < 1.29 is 0 Å². The Labute approximate surface area is 152 Å². The van der Waals surface area contributed by atoms with E-state index >= 15 is 0 Å². The highest BCUT2D eigenvalue weighted by Gasteiger charge is 2.15. The molecule has 3 aromatic rings. The summed E-state index contributed by atoms with van der Waals surface area (Å²) in [5.41, 5.74) is 2.95. The smallest absolute Gasteiger partial charge is 0.152 e. The summed E-state index contributed by atoms with van der Waals surface area (Å²) in [5.74, 6) is 0.383. The Hall–Kier alpha value is -1.51. The van der Waals surface area contributed by atoms with Crippen molar-refractivity contribution in [2.75, 3.05) is 5.75 Å². The van der Waals surface area contributed by atoms with E-state index in [1.807, 2.05) is 48.5 Å². The maximum Gasteiger partial charge on any atom is 0.152 e. The van der Waals surface area contributed by atoms with Crippen molar-refractivity contribution in [3.8, 4) is 27.8 Å². The first-order chi connectivity index (χ1) is 11.2. The Balaban J connectivity index is 2.08. The van der Waals surface area contributed by atoms with Gasteiger partial charge in [-0.15, -0.1) is 11.3 Å². The van der Waals surface area contributed by atoms with Crippen LogP contribution < -0.4 is 0 Å². The van der Waals surface area contributed by atoms with E-state index in [2.05, 4.69) is 6.07 Å². The van der Waals surface area contributed by atoms with E-state index in [0.29, 0.717) is 15.8 Å². The van der Waals surface area contributed by atoms with E-state index in [0.717, 1.165) is 26.0 Å². The van der Waals surface area contributed by atoms with E-state index < -0.39 is 0 Å². The summed E-state index contributed by atoms with van der Waals surface area (Å²) >= 11 is 15.0. The average molecular weight is 377 g/mol. The van der Waals surface area contributed by atoms with Crippen molar-refractivity contribution in [3.05, 3.63) is 58.6 Å². The number of benzene rings is 2. The van der Waals surface area contributed by atoms with Crippen molar-refractivity contribution in [3.63, 3.8) is 0 Å². The van der Waals surface area contributed by atoms with Crippen LogP contribution in [-0.4, -0.2) is 10.7 Å². The number of hydrogen-bond donors (Lipinski definition) is 0. The Kier molecular flexibility index (Phi) is 5.24. The number of aromatic nitrogens is 1. The van der Waals surface area contributed by atoms with Gasteiger partial charge in [0.05, 0.1) is 22.4 Å². The van der Waals surface area contributed by atoms with Gasteiger partial charge in [-0.05, 0) is 29.8 Å². The highest BCUT2D eigenvalue weighted by Crippen LogP contribution is 2.40. The molecular formula is C17H10Cl2N2S2. The molecule has 2 aromatic carbocycles. The Morgan fingerprint density at radius 3 is 2.09 bits per heavy atom. The number of nitrogens with zero attached hydrogens (tertiary/aromatic N) is 2. The Morgan fingerprint density at radius 1 is 0.957 bits per heavy atom. The summed E-state index contributed by atoms with van der Waals surface area (Å²) in [6, 6.07) is 17.4. The minimum absolute atomic E-state index is 0.383. The molecule has 0 unspecified atom stereocenters. The van der Waals surface area contributed by atoms with Gasteiger partial charge in [0.25, 0.3) is 0 Å². The molecule has 114 valence electrons. The summed E-state index contributed by atoms with van der Waals surface area (Å²) in [6.45, 7) is 0. The third-order valence-electron chi connectivity index (χ3n) is 3.09. The third-order valence-corrected chi connectivity index (χ3v) is 5.71. The third kappa shape index (κ3) is 3.88. The Morgan fingerprint density at radius 2 is 1.52 bits per heavy atom. The lowest BCUT2D eigenvalue weighted by atomic mass is 10.1. The van der Waals surface area contributed by atoms with Crippen LogP contribution in [0.5, 0.6) is 0 Å². The molecule has 0 aliphatic rings. The van der Waals surface area contributed by atoms with Crippen LogP contribution in [0.15, 0.2) is 52.9 Å². The molecule has 0 radical (unpaired) electrons.